The smallest absolute Gasteiger partial charge is 0.223 e. The molecule has 2 saturated carbocycles. The van der Waals surface area contributed by atoms with Crippen LogP contribution < -0.4 is 11.1 Å². The summed E-state index contributed by atoms with van der Waals surface area (Å²) in [7, 11) is 0. The largest absolute Gasteiger partial charge is 0.348 e. The number of halogens is 1. The summed E-state index contributed by atoms with van der Waals surface area (Å²) in [6.07, 6.45) is 6.49. The van der Waals surface area contributed by atoms with Crippen LogP contribution >= 0.6 is 22.9 Å². The Morgan fingerprint density at radius 2 is 2.09 bits per heavy atom. The third-order valence-corrected chi connectivity index (χ3v) is 6.79. The maximum atomic E-state index is 12.7. The molecule has 2 aliphatic carbocycles. The van der Waals surface area contributed by atoms with Crippen LogP contribution in [0.3, 0.4) is 0 Å². The number of rotatable bonds is 4. The molecule has 0 aromatic carbocycles. The van der Waals surface area contributed by atoms with Gasteiger partial charge in [-0.05, 0) is 56.1 Å². The Morgan fingerprint density at radius 1 is 1.41 bits per heavy atom. The molecule has 1 aromatic heterocycles. The van der Waals surface area contributed by atoms with Crippen molar-refractivity contribution >= 4 is 28.8 Å². The van der Waals surface area contributed by atoms with Crippen molar-refractivity contribution in [2.45, 2.75) is 57.5 Å². The maximum absolute atomic E-state index is 12.7. The fourth-order valence-corrected chi connectivity index (χ4v) is 5.38. The topological polar surface area (TPSA) is 55.1 Å². The number of carbonyl (C=O) groups excluding carboxylic acids is 1. The highest BCUT2D eigenvalue weighted by atomic mass is 35.5. The number of nitrogens with two attached hydrogens (primary N) is 1. The van der Waals surface area contributed by atoms with Crippen LogP contribution in [0.2, 0.25) is 4.34 Å². The van der Waals surface area contributed by atoms with Gasteiger partial charge in [0.25, 0.3) is 0 Å². The first kappa shape index (κ1) is 16.3. The molecule has 2 fully saturated rings. The lowest BCUT2D eigenvalue weighted by molar-refractivity contribution is -0.128. The second kappa shape index (κ2) is 6.90. The summed E-state index contributed by atoms with van der Waals surface area (Å²) in [6, 6.07) is 4.32. The van der Waals surface area contributed by atoms with Crippen molar-refractivity contribution in [2.75, 3.05) is 0 Å². The molecule has 2 aliphatic rings. The number of carbonyl (C=O) groups is 1. The predicted molar refractivity (Wildman–Crippen MR) is 92.0 cm³/mol. The van der Waals surface area contributed by atoms with E-state index in [0.717, 1.165) is 28.5 Å². The van der Waals surface area contributed by atoms with Crippen LogP contribution in [0.1, 0.15) is 56.4 Å². The highest BCUT2D eigenvalue weighted by Gasteiger charge is 2.40. The lowest BCUT2D eigenvalue weighted by Gasteiger charge is -2.43. The number of nitrogens with one attached hydrogen (secondary N) is 1. The summed E-state index contributed by atoms with van der Waals surface area (Å²) in [5, 5.41) is 3.24. The van der Waals surface area contributed by atoms with Crippen LogP contribution in [0, 0.1) is 17.8 Å². The standard InChI is InChI=1S/C17H25ClN2OS/c1-2-13(14-6-7-15(18)22-14)20-17(21)12-8-10-4-3-5-11(9-12)16(10)19/h6-7,10-13,16H,2-5,8-9,19H2,1H3,(H,20,21). The van der Waals surface area contributed by atoms with Crippen LogP contribution in [0.4, 0.5) is 0 Å². The van der Waals surface area contributed by atoms with Gasteiger partial charge >= 0.3 is 0 Å². The number of hydrogen-bond donors (Lipinski definition) is 2. The van der Waals surface area contributed by atoms with Gasteiger partial charge in [0.1, 0.15) is 0 Å². The molecule has 5 heteroatoms. The zero-order valence-corrected chi connectivity index (χ0v) is 14.6. The Bertz CT molecular complexity index is 518. The minimum Gasteiger partial charge on any atom is -0.348 e. The van der Waals surface area contributed by atoms with Gasteiger partial charge < -0.3 is 11.1 Å². The van der Waals surface area contributed by atoms with Crippen molar-refractivity contribution in [1.82, 2.24) is 5.32 Å². The molecule has 122 valence electrons. The second-order valence-corrected chi connectivity index (χ2v) is 8.55. The molecule has 1 heterocycles. The van der Waals surface area contributed by atoms with Gasteiger partial charge in [-0.1, -0.05) is 24.9 Å². The van der Waals surface area contributed by atoms with E-state index in [0.29, 0.717) is 17.9 Å². The molecule has 22 heavy (non-hydrogen) atoms. The summed E-state index contributed by atoms with van der Waals surface area (Å²) in [4.78, 5) is 13.9. The Hall–Kier alpha value is -0.580. The molecule has 2 bridgehead atoms. The van der Waals surface area contributed by atoms with Crippen molar-refractivity contribution in [2.24, 2.45) is 23.5 Å². The maximum Gasteiger partial charge on any atom is 0.223 e. The predicted octanol–water partition coefficient (Wildman–Crippen LogP) is 4.12. The van der Waals surface area contributed by atoms with Crippen LogP contribution in [-0.4, -0.2) is 11.9 Å². The molecule has 3 atom stereocenters. The van der Waals surface area contributed by atoms with Gasteiger partial charge in [0, 0.05) is 16.8 Å². The summed E-state index contributed by atoms with van der Waals surface area (Å²) in [5.41, 5.74) is 6.32. The monoisotopic (exact) mass is 340 g/mol. The van der Waals surface area contributed by atoms with E-state index in [2.05, 4.69) is 12.2 Å². The Labute approximate surface area is 141 Å². The van der Waals surface area contributed by atoms with Crippen molar-refractivity contribution in [3.05, 3.63) is 21.3 Å². The zero-order valence-electron chi connectivity index (χ0n) is 13.1. The average molecular weight is 341 g/mol. The first-order chi connectivity index (χ1) is 10.6. The fraction of sp³-hybridized carbons (Fsp3) is 0.706. The summed E-state index contributed by atoms with van der Waals surface area (Å²) in [5.74, 6) is 1.43. The molecule has 3 rings (SSSR count). The van der Waals surface area contributed by atoms with E-state index in [1.54, 1.807) is 11.3 Å². The van der Waals surface area contributed by atoms with E-state index < -0.39 is 0 Å². The molecular formula is C17H25ClN2OS. The molecule has 0 radical (unpaired) electrons. The van der Waals surface area contributed by atoms with Gasteiger partial charge in [0.05, 0.1) is 10.4 Å². The Balaban J connectivity index is 1.64. The lowest BCUT2D eigenvalue weighted by Crippen LogP contribution is -2.49. The minimum absolute atomic E-state index is 0.0837. The van der Waals surface area contributed by atoms with Gasteiger partial charge in [0.2, 0.25) is 5.91 Å². The first-order valence-corrected chi connectivity index (χ1v) is 9.59. The third-order valence-electron chi connectivity index (χ3n) is 5.45. The Morgan fingerprint density at radius 3 is 2.64 bits per heavy atom. The van der Waals surface area contributed by atoms with E-state index >= 15 is 0 Å². The molecule has 0 spiro atoms. The SMILES string of the molecule is CCC(NC(=O)C1CC2CCCC(C1)C2N)c1ccc(Cl)s1. The van der Waals surface area contributed by atoms with E-state index in [4.69, 9.17) is 17.3 Å². The van der Waals surface area contributed by atoms with Crippen LogP contribution in [0.25, 0.3) is 0 Å². The second-order valence-electron chi connectivity index (χ2n) is 6.81. The number of fused-ring (bicyclic) bond motifs is 2. The van der Waals surface area contributed by atoms with Crippen molar-refractivity contribution in [3.8, 4) is 0 Å². The van der Waals surface area contributed by atoms with Crippen LogP contribution in [-0.2, 0) is 4.79 Å². The van der Waals surface area contributed by atoms with Gasteiger partial charge in [-0.15, -0.1) is 11.3 Å². The molecular weight excluding hydrogens is 316 g/mol. The molecule has 0 aliphatic heterocycles. The quantitative estimate of drug-likeness (QED) is 0.866. The molecule has 3 nitrogen and oxygen atoms in total. The molecule has 1 amide bonds. The molecule has 3 N–H and O–H groups in total. The number of thiophene rings is 1. The van der Waals surface area contributed by atoms with Gasteiger partial charge in [-0.25, -0.2) is 0 Å². The highest BCUT2D eigenvalue weighted by Crippen LogP contribution is 2.42. The third kappa shape index (κ3) is 3.34. The number of amides is 1. The van der Waals surface area contributed by atoms with Gasteiger partial charge in [-0.2, -0.15) is 0 Å². The van der Waals surface area contributed by atoms with E-state index in [-0.39, 0.29) is 17.9 Å². The fourth-order valence-electron chi connectivity index (χ4n) is 4.18. The summed E-state index contributed by atoms with van der Waals surface area (Å²) < 4.78 is 0.779. The van der Waals surface area contributed by atoms with Crippen LogP contribution in [0.15, 0.2) is 12.1 Å². The van der Waals surface area contributed by atoms with Crippen molar-refractivity contribution < 1.29 is 4.79 Å². The van der Waals surface area contributed by atoms with Gasteiger partial charge in [0.15, 0.2) is 0 Å². The summed E-state index contributed by atoms with van der Waals surface area (Å²) >= 11 is 7.58. The molecule has 1 aromatic rings. The average Bonchev–Trinajstić information content (AvgIpc) is 2.90. The van der Waals surface area contributed by atoms with E-state index in [1.807, 2.05) is 12.1 Å². The van der Waals surface area contributed by atoms with E-state index in [9.17, 15) is 4.79 Å². The van der Waals surface area contributed by atoms with Crippen LogP contribution in [0.5, 0.6) is 0 Å². The van der Waals surface area contributed by atoms with Gasteiger partial charge in [-0.3, -0.25) is 4.79 Å². The minimum atomic E-state index is 0.0837. The Kier molecular flexibility index (Phi) is 5.10. The molecule has 3 unspecified atom stereocenters. The van der Waals surface area contributed by atoms with E-state index in [1.165, 1.54) is 19.3 Å². The normalized spacial score (nSPS) is 32.5. The lowest BCUT2D eigenvalue weighted by atomic mass is 9.65. The molecule has 0 saturated heterocycles. The number of hydrogen-bond acceptors (Lipinski definition) is 3. The van der Waals surface area contributed by atoms with Crippen molar-refractivity contribution in [3.63, 3.8) is 0 Å². The summed E-state index contributed by atoms with van der Waals surface area (Å²) in [6.45, 7) is 2.10. The highest BCUT2D eigenvalue weighted by molar-refractivity contribution is 7.16. The van der Waals surface area contributed by atoms with Crippen molar-refractivity contribution in [1.29, 1.82) is 0 Å². The first-order valence-electron chi connectivity index (χ1n) is 8.39. The zero-order chi connectivity index (χ0) is 15.7.